The summed E-state index contributed by atoms with van der Waals surface area (Å²) < 4.78 is 13.3. The first-order valence-electron chi connectivity index (χ1n) is 7.09. The van der Waals surface area contributed by atoms with Crippen molar-refractivity contribution in [2.24, 2.45) is 5.73 Å². The number of nitrogens with one attached hydrogen (secondary N) is 2. The quantitative estimate of drug-likeness (QED) is 0.679. The molecule has 0 aliphatic heterocycles. The Hall–Kier alpha value is -2.86. The third kappa shape index (κ3) is 2.96. The fourth-order valence-electron chi connectivity index (χ4n) is 2.46. The molecule has 0 aliphatic rings. The molecule has 0 radical (unpaired) electrons. The number of halogens is 2. The Morgan fingerprint density at radius 2 is 1.88 bits per heavy atom. The van der Waals surface area contributed by atoms with Crippen molar-refractivity contribution in [2.45, 2.75) is 6.04 Å². The van der Waals surface area contributed by atoms with E-state index < -0.39 is 23.7 Å². The molecule has 2 aromatic carbocycles. The molecule has 2 amide bonds. The van der Waals surface area contributed by atoms with Gasteiger partial charge in [-0.15, -0.1) is 0 Å². The summed E-state index contributed by atoms with van der Waals surface area (Å²) in [6, 6.07) is 11.6. The molecule has 0 bridgehead atoms. The van der Waals surface area contributed by atoms with Gasteiger partial charge in [-0.3, -0.25) is 9.59 Å². The number of aromatic nitrogens is 1. The van der Waals surface area contributed by atoms with Crippen LogP contribution in [-0.2, 0) is 4.79 Å². The molecule has 24 heavy (non-hydrogen) atoms. The molecule has 3 aromatic rings. The van der Waals surface area contributed by atoms with Crippen molar-refractivity contribution in [3.05, 3.63) is 70.6 Å². The summed E-state index contributed by atoms with van der Waals surface area (Å²) >= 11 is 6.16. The van der Waals surface area contributed by atoms with Crippen molar-refractivity contribution >= 4 is 34.3 Å². The molecule has 0 aliphatic carbocycles. The van der Waals surface area contributed by atoms with Crippen molar-refractivity contribution in [1.29, 1.82) is 0 Å². The van der Waals surface area contributed by atoms with Crippen LogP contribution in [0.25, 0.3) is 10.9 Å². The Bertz CT molecular complexity index is 924. The second-order valence-electron chi connectivity index (χ2n) is 5.22. The molecule has 3 rings (SSSR count). The number of benzene rings is 2. The molecule has 4 N–H and O–H groups in total. The summed E-state index contributed by atoms with van der Waals surface area (Å²) in [7, 11) is 0. The predicted molar refractivity (Wildman–Crippen MR) is 89.1 cm³/mol. The summed E-state index contributed by atoms with van der Waals surface area (Å²) in [5.41, 5.74) is 6.49. The Kier molecular flexibility index (Phi) is 4.22. The third-order valence-corrected chi connectivity index (χ3v) is 4.01. The van der Waals surface area contributed by atoms with Crippen molar-refractivity contribution in [2.75, 3.05) is 0 Å². The summed E-state index contributed by atoms with van der Waals surface area (Å²) in [6.07, 6.45) is 0. The summed E-state index contributed by atoms with van der Waals surface area (Å²) in [6.45, 7) is 0. The van der Waals surface area contributed by atoms with Gasteiger partial charge in [-0.2, -0.15) is 0 Å². The van der Waals surface area contributed by atoms with Gasteiger partial charge < -0.3 is 16.0 Å². The molecule has 0 saturated carbocycles. The highest BCUT2D eigenvalue weighted by atomic mass is 35.5. The Balaban J connectivity index is 1.94. The summed E-state index contributed by atoms with van der Waals surface area (Å²) in [5.74, 6) is -1.77. The van der Waals surface area contributed by atoms with E-state index in [-0.39, 0.29) is 10.7 Å². The zero-order valence-electron chi connectivity index (χ0n) is 12.3. The van der Waals surface area contributed by atoms with E-state index >= 15 is 0 Å². The van der Waals surface area contributed by atoms with E-state index in [0.717, 1.165) is 0 Å². The van der Waals surface area contributed by atoms with Crippen LogP contribution in [0.5, 0.6) is 0 Å². The SMILES string of the molecule is NC(=O)[C@@H](NC(=O)c1[nH]c2ccc(F)cc2c1Cl)c1ccccc1. The van der Waals surface area contributed by atoms with Crippen LogP contribution >= 0.6 is 11.6 Å². The first-order valence-corrected chi connectivity index (χ1v) is 7.47. The second-order valence-corrected chi connectivity index (χ2v) is 5.60. The molecule has 0 spiro atoms. The number of rotatable bonds is 4. The number of carbonyl (C=O) groups excluding carboxylic acids is 2. The molecule has 122 valence electrons. The summed E-state index contributed by atoms with van der Waals surface area (Å²) in [5, 5.41) is 3.01. The van der Waals surface area contributed by atoms with Crippen LogP contribution < -0.4 is 11.1 Å². The number of fused-ring (bicyclic) bond motifs is 1. The van der Waals surface area contributed by atoms with Crippen molar-refractivity contribution in [3.63, 3.8) is 0 Å². The maximum Gasteiger partial charge on any atom is 0.270 e. The van der Waals surface area contributed by atoms with Gasteiger partial charge in [-0.1, -0.05) is 41.9 Å². The zero-order valence-corrected chi connectivity index (χ0v) is 13.1. The number of carbonyl (C=O) groups is 2. The van der Waals surface area contributed by atoms with E-state index in [0.29, 0.717) is 16.5 Å². The normalized spacial score (nSPS) is 12.1. The van der Waals surface area contributed by atoms with Gasteiger partial charge in [0.1, 0.15) is 17.6 Å². The molecule has 0 saturated heterocycles. The average molecular weight is 346 g/mol. The van der Waals surface area contributed by atoms with E-state index in [1.807, 2.05) is 0 Å². The van der Waals surface area contributed by atoms with Crippen LogP contribution in [0.15, 0.2) is 48.5 Å². The van der Waals surface area contributed by atoms with Gasteiger partial charge in [0.15, 0.2) is 0 Å². The lowest BCUT2D eigenvalue weighted by molar-refractivity contribution is -0.120. The highest BCUT2D eigenvalue weighted by Gasteiger charge is 2.24. The molecular formula is C17H13ClFN3O2. The topological polar surface area (TPSA) is 88.0 Å². The number of hydrogen-bond donors (Lipinski definition) is 3. The minimum Gasteiger partial charge on any atom is -0.368 e. The van der Waals surface area contributed by atoms with Gasteiger partial charge in [-0.05, 0) is 23.8 Å². The van der Waals surface area contributed by atoms with E-state index in [9.17, 15) is 14.0 Å². The largest absolute Gasteiger partial charge is 0.368 e. The maximum atomic E-state index is 13.3. The first-order chi connectivity index (χ1) is 11.5. The number of H-pyrrole nitrogens is 1. The molecule has 0 unspecified atom stereocenters. The van der Waals surface area contributed by atoms with Crippen LogP contribution in [0.3, 0.4) is 0 Å². The van der Waals surface area contributed by atoms with Crippen LogP contribution in [0.2, 0.25) is 5.02 Å². The lowest BCUT2D eigenvalue weighted by Gasteiger charge is -2.15. The third-order valence-electron chi connectivity index (χ3n) is 3.62. The first kappa shape index (κ1) is 16.0. The number of hydrogen-bond acceptors (Lipinski definition) is 2. The Morgan fingerprint density at radius 1 is 1.17 bits per heavy atom. The number of amides is 2. The molecule has 1 aromatic heterocycles. The van der Waals surface area contributed by atoms with E-state index in [1.54, 1.807) is 30.3 Å². The molecule has 5 nitrogen and oxygen atoms in total. The van der Waals surface area contributed by atoms with Gasteiger partial charge in [-0.25, -0.2) is 4.39 Å². The highest BCUT2D eigenvalue weighted by molar-refractivity contribution is 6.38. The monoisotopic (exact) mass is 345 g/mol. The Morgan fingerprint density at radius 3 is 2.54 bits per heavy atom. The number of nitrogens with two attached hydrogens (primary N) is 1. The highest BCUT2D eigenvalue weighted by Crippen LogP contribution is 2.28. The zero-order chi connectivity index (χ0) is 17.3. The van der Waals surface area contributed by atoms with Crippen molar-refractivity contribution in [3.8, 4) is 0 Å². The van der Waals surface area contributed by atoms with Crippen LogP contribution in [0, 0.1) is 5.82 Å². The van der Waals surface area contributed by atoms with Gasteiger partial charge in [0.2, 0.25) is 5.91 Å². The lowest BCUT2D eigenvalue weighted by Crippen LogP contribution is -2.37. The average Bonchev–Trinajstić information content (AvgIpc) is 2.89. The number of primary amides is 1. The second kappa shape index (κ2) is 6.33. The minimum atomic E-state index is -1.00. The molecule has 1 heterocycles. The van der Waals surface area contributed by atoms with Gasteiger partial charge in [0, 0.05) is 10.9 Å². The predicted octanol–water partition coefficient (Wildman–Crippen LogP) is 2.92. The fraction of sp³-hybridized carbons (Fsp3) is 0.0588. The minimum absolute atomic E-state index is 0.0412. The Labute approximate surface area is 141 Å². The van der Waals surface area contributed by atoms with E-state index in [2.05, 4.69) is 10.3 Å². The van der Waals surface area contributed by atoms with Gasteiger partial charge in [0.05, 0.1) is 5.02 Å². The van der Waals surface area contributed by atoms with Gasteiger partial charge >= 0.3 is 0 Å². The molecule has 7 heteroatoms. The summed E-state index contributed by atoms with van der Waals surface area (Å²) in [4.78, 5) is 27.0. The van der Waals surface area contributed by atoms with Crippen molar-refractivity contribution in [1.82, 2.24) is 10.3 Å². The fourth-order valence-corrected chi connectivity index (χ4v) is 2.74. The van der Waals surface area contributed by atoms with Crippen LogP contribution in [0.1, 0.15) is 22.1 Å². The number of aromatic amines is 1. The molecule has 0 fully saturated rings. The standard InChI is InChI=1S/C17H13ClFN3O2/c18-13-11-8-10(19)6-7-12(11)21-15(13)17(24)22-14(16(20)23)9-4-2-1-3-5-9/h1-8,14,21H,(H2,20,23)(H,22,24)/t14-/m0/s1. The molecule has 1 atom stereocenters. The van der Waals surface area contributed by atoms with E-state index in [1.165, 1.54) is 18.2 Å². The van der Waals surface area contributed by atoms with Crippen molar-refractivity contribution < 1.29 is 14.0 Å². The van der Waals surface area contributed by atoms with E-state index in [4.69, 9.17) is 17.3 Å². The van der Waals surface area contributed by atoms with Crippen LogP contribution in [-0.4, -0.2) is 16.8 Å². The van der Waals surface area contributed by atoms with Gasteiger partial charge in [0.25, 0.3) is 5.91 Å². The lowest BCUT2D eigenvalue weighted by atomic mass is 10.1. The molecular weight excluding hydrogens is 333 g/mol. The smallest absolute Gasteiger partial charge is 0.270 e. The van der Waals surface area contributed by atoms with Crippen LogP contribution in [0.4, 0.5) is 4.39 Å². The maximum absolute atomic E-state index is 13.3.